The second-order valence-electron chi connectivity index (χ2n) is 5.78. The summed E-state index contributed by atoms with van der Waals surface area (Å²) < 4.78 is 1.66. The van der Waals surface area contributed by atoms with Crippen LogP contribution in [0.25, 0.3) is 0 Å². The Morgan fingerprint density at radius 2 is 2.33 bits per heavy atom. The zero-order valence-corrected chi connectivity index (χ0v) is 13.0. The fourth-order valence-electron chi connectivity index (χ4n) is 2.96. The Kier molecular flexibility index (Phi) is 5.76. The number of nitrogens with one attached hydrogen (secondary N) is 1. The quantitative estimate of drug-likeness (QED) is 0.726. The van der Waals surface area contributed by atoms with E-state index in [0.717, 1.165) is 38.0 Å². The SMILES string of the molecule is Cc1nn(C)cc1C(=O)NCCCCN1CCCC1CO. The number of unbranched alkanes of at least 4 members (excludes halogenated alkanes) is 1. The number of hydrogen-bond donors (Lipinski definition) is 2. The molecule has 2 N–H and O–H groups in total. The maximum absolute atomic E-state index is 12.0. The molecule has 0 aromatic carbocycles. The fraction of sp³-hybridized carbons (Fsp3) is 0.733. The van der Waals surface area contributed by atoms with Gasteiger partial charge < -0.3 is 10.4 Å². The highest BCUT2D eigenvalue weighted by molar-refractivity contribution is 5.94. The molecule has 21 heavy (non-hydrogen) atoms. The van der Waals surface area contributed by atoms with Gasteiger partial charge in [-0.25, -0.2) is 0 Å². The molecule has 0 saturated carbocycles. The maximum Gasteiger partial charge on any atom is 0.254 e. The van der Waals surface area contributed by atoms with Gasteiger partial charge in [0.1, 0.15) is 0 Å². The Morgan fingerprint density at radius 1 is 1.52 bits per heavy atom. The lowest BCUT2D eigenvalue weighted by atomic mass is 10.2. The van der Waals surface area contributed by atoms with Gasteiger partial charge in [0, 0.05) is 25.8 Å². The zero-order chi connectivity index (χ0) is 15.2. The van der Waals surface area contributed by atoms with Crippen molar-refractivity contribution in [3.63, 3.8) is 0 Å². The van der Waals surface area contributed by atoms with Gasteiger partial charge in [-0.2, -0.15) is 5.10 Å². The van der Waals surface area contributed by atoms with E-state index in [1.807, 2.05) is 14.0 Å². The van der Waals surface area contributed by atoms with E-state index in [-0.39, 0.29) is 12.5 Å². The number of hydrogen-bond acceptors (Lipinski definition) is 4. The monoisotopic (exact) mass is 294 g/mol. The van der Waals surface area contributed by atoms with Crippen LogP contribution >= 0.6 is 0 Å². The van der Waals surface area contributed by atoms with Gasteiger partial charge >= 0.3 is 0 Å². The lowest BCUT2D eigenvalue weighted by molar-refractivity contribution is 0.0951. The van der Waals surface area contributed by atoms with E-state index in [2.05, 4.69) is 15.3 Å². The van der Waals surface area contributed by atoms with E-state index in [4.69, 9.17) is 0 Å². The minimum atomic E-state index is -0.0463. The third-order valence-corrected chi connectivity index (χ3v) is 4.13. The topological polar surface area (TPSA) is 70.4 Å². The van der Waals surface area contributed by atoms with Crippen molar-refractivity contribution in [3.05, 3.63) is 17.5 Å². The summed E-state index contributed by atoms with van der Waals surface area (Å²) in [4.78, 5) is 14.3. The number of aromatic nitrogens is 2. The summed E-state index contributed by atoms with van der Waals surface area (Å²) in [6, 6.07) is 0.345. The summed E-state index contributed by atoms with van der Waals surface area (Å²) in [7, 11) is 1.82. The number of likely N-dealkylation sites (tertiary alicyclic amines) is 1. The Hall–Kier alpha value is -1.40. The summed E-state index contributed by atoms with van der Waals surface area (Å²) in [5, 5.41) is 16.4. The molecule has 118 valence electrons. The average molecular weight is 294 g/mol. The molecular formula is C15H26N4O2. The van der Waals surface area contributed by atoms with E-state index in [9.17, 15) is 9.90 Å². The molecule has 1 aromatic heterocycles. The highest BCUT2D eigenvalue weighted by atomic mass is 16.3. The number of rotatable bonds is 7. The lowest BCUT2D eigenvalue weighted by Crippen LogP contribution is -2.33. The maximum atomic E-state index is 12.0. The van der Waals surface area contributed by atoms with Crippen molar-refractivity contribution in [2.75, 3.05) is 26.2 Å². The second-order valence-corrected chi connectivity index (χ2v) is 5.78. The van der Waals surface area contributed by atoms with E-state index in [0.29, 0.717) is 18.2 Å². The first-order chi connectivity index (χ1) is 10.1. The fourth-order valence-corrected chi connectivity index (χ4v) is 2.96. The Balaban J connectivity index is 1.63. The third kappa shape index (κ3) is 4.28. The predicted octanol–water partition coefficient (Wildman–Crippen LogP) is 0.695. The molecule has 1 aliphatic heterocycles. The summed E-state index contributed by atoms with van der Waals surface area (Å²) >= 11 is 0. The van der Waals surface area contributed by atoms with Gasteiger partial charge in [0.25, 0.3) is 5.91 Å². The molecule has 0 aliphatic carbocycles. The number of aliphatic hydroxyl groups excluding tert-OH is 1. The second kappa shape index (κ2) is 7.56. The normalized spacial score (nSPS) is 19.1. The Labute approximate surface area is 126 Å². The molecule has 0 radical (unpaired) electrons. The van der Waals surface area contributed by atoms with Crippen LogP contribution in [0.1, 0.15) is 41.7 Å². The third-order valence-electron chi connectivity index (χ3n) is 4.13. The molecule has 1 fully saturated rings. The van der Waals surface area contributed by atoms with Crippen LogP contribution in [0.3, 0.4) is 0 Å². The Bertz CT molecular complexity index is 472. The molecule has 6 heteroatoms. The zero-order valence-electron chi connectivity index (χ0n) is 13.0. The van der Waals surface area contributed by atoms with E-state index >= 15 is 0 Å². The van der Waals surface area contributed by atoms with Crippen LogP contribution in [0.2, 0.25) is 0 Å². The van der Waals surface area contributed by atoms with E-state index in [1.54, 1.807) is 10.9 Å². The number of aliphatic hydroxyl groups is 1. The number of nitrogens with zero attached hydrogens (tertiary/aromatic N) is 3. The van der Waals surface area contributed by atoms with E-state index in [1.165, 1.54) is 6.42 Å². The van der Waals surface area contributed by atoms with Crippen LogP contribution in [-0.2, 0) is 7.05 Å². The molecule has 0 bridgehead atoms. The van der Waals surface area contributed by atoms with Crippen LogP contribution < -0.4 is 5.32 Å². The summed E-state index contributed by atoms with van der Waals surface area (Å²) in [5.41, 5.74) is 1.41. The van der Waals surface area contributed by atoms with Crippen molar-refractivity contribution < 1.29 is 9.90 Å². The standard InChI is InChI=1S/C15H26N4O2/c1-12-14(10-18(2)17-12)15(21)16-7-3-4-8-19-9-5-6-13(19)11-20/h10,13,20H,3-9,11H2,1-2H3,(H,16,21). The summed E-state index contributed by atoms with van der Waals surface area (Å²) in [5.74, 6) is -0.0463. The van der Waals surface area contributed by atoms with Crippen LogP contribution in [0.4, 0.5) is 0 Å². The summed E-state index contributed by atoms with van der Waals surface area (Å²) in [6.45, 7) is 4.89. The van der Waals surface area contributed by atoms with Crippen LogP contribution in [0.5, 0.6) is 0 Å². The molecule has 1 atom stereocenters. The first-order valence-corrected chi connectivity index (χ1v) is 7.75. The smallest absolute Gasteiger partial charge is 0.254 e. The van der Waals surface area contributed by atoms with Crippen molar-refractivity contribution in [1.82, 2.24) is 20.0 Å². The molecule has 2 heterocycles. The number of carbonyl (C=O) groups is 1. The minimum Gasteiger partial charge on any atom is -0.395 e. The van der Waals surface area contributed by atoms with Gasteiger partial charge in [-0.3, -0.25) is 14.4 Å². The van der Waals surface area contributed by atoms with Gasteiger partial charge in [0.2, 0.25) is 0 Å². The molecule has 6 nitrogen and oxygen atoms in total. The van der Waals surface area contributed by atoms with Gasteiger partial charge in [0.15, 0.2) is 0 Å². The molecule has 1 saturated heterocycles. The highest BCUT2D eigenvalue weighted by Gasteiger charge is 2.22. The van der Waals surface area contributed by atoms with Crippen molar-refractivity contribution in [2.45, 2.75) is 38.6 Å². The molecule has 0 spiro atoms. The van der Waals surface area contributed by atoms with Crippen molar-refractivity contribution >= 4 is 5.91 Å². The number of carbonyl (C=O) groups excluding carboxylic acids is 1. The summed E-state index contributed by atoms with van der Waals surface area (Å²) in [6.07, 6.45) is 6.04. The van der Waals surface area contributed by atoms with Gasteiger partial charge in [0.05, 0.1) is 17.9 Å². The van der Waals surface area contributed by atoms with Crippen molar-refractivity contribution in [1.29, 1.82) is 0 Å². The molecule has 2 rings (SSSR count). The van der Waals surface area contributed by atoms with Crippen molar-refractivity contribution in [3.8, 4) is 0 Å². The largest absolute Gasteiger partial charge is 0.395 e. The van der Waals surface area contributed by atoms with Gasteiger partial charge in [-0.1, -0.05) is 0 Å². The molecule has 1 aliphatic rings. The minimum absolute atomic E-state index is 0.0463. The van der Waals surface area contributed by atoms with Crippen LogP contribution in [0.15, 0.2) is 6.20 Å². The number of amides is 1. The molecular weight excluding hydrogens is 268 g/mol. The van der Waals surface area contributed by atoms with E-state index < -0.39 is 0 Å². The van der Waals surface area contributed by atoms with Crippen LogP contribution in [-0.4, -0.2) is 58.0 Å². The van der Waals surface area contributed by atoms with Gasteiger partial charge in [-0.15, -0.1) is 0 Å². The van der Waals surface area contributed by atoms with Crippen LogP contribution in [0, 0.1) is 6.92 Å². The van der Waals surface area contributed by atoms with Crippen molar-refractivity contribution in [2.24, 2.45) is 7.05 Å². The number of aryl methyl sites for hydroxylation is 2. The highest BCUT2D eigenvalue weighted by Crippen LogP contribution is 2.16. The molecule has 1 aromatic rings. The average Bonchev–Trinajstić information content (AvgIpc) is 3.04. The van der Waals surface area contributed by atoms with Gasteiger partial charge in [-0.05, 0) is 45.7 Å². The molecule has 1 amide bonds. The predicted molar refractivity (Wildman–Crippen MR) is 81.2 cm³/mol. The first-order valence-electron chi connectivity index (χ1n) is 7.75. The first kappa shape index (κ1) is 16.0. The molecule has 1 unspecified atom stereocenters. The lowest BCUT2D eigenvalue weighted by Gasteiger charge is -2.22. The Morgan fingerprint density at radius 3 is 3.00 bits per heavy atom.